The van der Waals surface area contributed by atoms with Gasteiger partial charge in [0.2, 0.25) is 0 Å². The zero-order chi connectivity index (χ0) is 17.4. The van der Waals surface area contributed by atoms with Gasteiger partial charge in [0.1, 0.15) is 6.04 Å². The second kappa shape index (κ2) is 6.33. The first-order valence-electron chi connectivity index (χ1n) is 8.34. The van der Waals surface area contributed by atoms with E-state index in [2.05, 4.69) is 82.4 Å². The van der Waals surface area contributed by atoms with Crippen LogP contribution >= 0.6 is 12.2 Å². The second-order valence-electron chi connectivity index (χ2n) is 6.38. The molecule has 1 aliphatic heterocycles. The quantitative estimate of drug-likeness (QED) is 0.728. The van der Waals surface area contributed by atoms with Crippen molar-refractivity contribution in [3.63, 3.8) is 0 Å². The average molecular weight is 348 g/mol. The highest BCUT2D eigenvalue weighted by molar-refractivity contribution is 7.80. The molecule has 3 heterocycles. The molecule has 4 rings (SSSR count). The van der Waals surface area contributed by atoms with E-state index in [1.165, 1.54) is 11.3 Å². The van der Waals surface area contributed by atoms with Crippen molar-refractivity contribution in [2.45, 2.75) is 19.0 Å². The fourth-order valence-corrected chi connectivity index (χ4v) is 3.77. The number of rotatable bonds is 3. The normalized spacial score (nSPS) is 19.9. The second-order valence-corrected chi connectivity index (χ2v) is 6.76. The molecule has 2 atom stereocenters. The Kier molecular flexibility index (Phi) is 4.01. The number of pyridine rings is 1. The first kappa shape index (κ1) is 15.8. The van der Waals surface area contributed by atoms with Gasteiger partial charge < -0.3 is 14.8 Å². The van der Waals surface area contributed by atoms with Crippen molar-refractivity contribution in [1.82, 2.24) is 14.9 Å². The van der Waals surface area contributed by atoms with Gasteiger partial charge in [0.15, 0.2) is 5.11 Å². The molecule has 5 heteroatoms. The largest absolute Gasteiger partial charge is 0.353 e. The standard InChI is InChI=1S/C20H20N4S/c1-14-8-10-15(11-9-14)24-19(17-7-5-13-23(17)2)18(22-20(24)25)16-6-3-4-12-21-16/h3-13,18-19H,1-2H3,(H,22,25)/t18-,19+/m0/s1. The maximum Gasteiger partial charge on any atom is 0.174 e. The lowest BCUT2D eigenvalue weighted by molar-refractivity contribution is 0.541. The van der Waals surface area contributed by atoms with Crippen molar-refractivity contribution in [3.05, 3.63) is 83.9 Å². The number of anilines is 1. The van der Waals surface area contributed by atoms with Gasteiger partial charge in [-0.05, 0) is 55.5 Å². The Bertz CT molecular complexity index is 886. The van der Waals surface area contributed by atoms with Crippen LogP contribution in [0.1, 0.15) is 29.0 Å². The summed E-state index contributed by atoms with van der Waals surface area (Å²) in [6.45, 7) is 2.09. The smallest absolute Gasteiger partial charge is 0.174 e. The molecule has 0 aliphatic carbocycles. The zero-order valence-corrected chi connectivity index (χ0v) is 15.1. The van der Waals surface area contributed by atoms with Crippen LogP contribution in [0, 0.1) is 6.92 Å². The molecule has 3 aromatic rings. The number of hydrogen-bond donors (Lipinski definition) is 1. The van der Waals surface area contributed by atoms with Crippen LogP contribution < -0.4 is 10.2 Å². The van der Waals surface area contributed by atoms with Gasteiger partial charge in [-0.25, -0.2) is 0 Å². The predicted octanol–water partition coefficient (Wildman–Crippen LogP) is 3.91. The third-order valence-corrected chi connectivity index (χ3v) is 5.01. The van der Waals surface area contributed by atoms with E-state index in [4.69, 9.17) is 12.2 Å². The van der Waals surface area contributed by atoms with Gasteiger partial charge in [-0.3, -0.25) is 4.98 Å². The fourth-order valence-electron chi connectivity index (χ4n) is 3.42. The Balaban J connectivity index is 1.83. The lowest BCUT2D eigenvalue weighted by Gasteiger charge is -2.28. The average Bonchev–Trinajstić information content (AvgIpc) is 3.19. The van der Waals surface area contributed by atoms with Gasteiger partial charge in [-0.2, -0.15) is 0 Å². The maximum absolute atomic E-state index is 5.70. The monoisotopic (exact) mass is 348 g/mol. The molecular formula is C20H20N4S. The molecule has 1 N–H and O–H groups in total. The number of nitrogens with zero attached hydrogens (tertiary/aromatic N) is 3. The Labute approximate surface area is 153 Å². The van der Waals surface area contributed by atoms with Crippen molar-refractivity contribution in [2.24, 2.45) is 7.05 Å². The molecule has 0 saturated carbocycles. The third kappa shape index (κ3) is 2.81. The SMILES string of the molecule is Cc1ccc(N2C(=S)N[C@@H](c3ccccn3)[C@H]2c2cccn2C)cc1. The third-order valence-electron chi connectivity index (χ3n) is 4.70. The molecule has 0 amide bonds. The first-order chi connectivity index (χ1) is 12.1. The van der Waals surface area contributed by atoms with Crippen LogP contribution in [0.4, 0.5) is 5.69 Å². The lowest BCUT2D eigenvalue weighted by atomic mass is 10.0. The first-order valence-corrected chi connectivity index (χ1v) is 8.74. The molecule has 0 unspecified atom stereocenters. The van der Waals surface area contributed by atoms with E-state index in [1.54, 1.807) is 0 Å². The number of aromatic nitrogens is 2. The van der Waals surface area contributed by atoms with Crippen LogP contribution in [0.15, 0.2) is 67.0 Å². The lowest BCUT2D eigenvalue weighted by Crippen LogP contribution is -2.30. The van der Waals surface area contributed by atoms with Crippen LogP contribution in [0.2, 0.25) is 0 Å². The summed E-state index contributed by atoms with van der Waals surface area (Å²) in [5.41, 5.74) is 4.51. The Hall–Kier alpha value is -2.66. The highest BCUT2D eigenvalue weighted by atomic mass is 32.1. The molecule has 1 saturated heterocycles. The van der Waals surface area contributed by atoms with Crippen LogP contribution in [0.5, 0.6) is 0 Å². The van der Waals surface area contributed by atoms with Gasteiger partial charge in [0, 0.05) is 30.8 Å². The molecule has 126 valence electrons. The van der Waals surface area contributed by atoms with E-state index in [1.807, 2.05) is 18.3 Å². The summed E-state index contributed by atoms with van der Waals surface area (Å²) in [6.07, 6.45) is 3.90. The number of nitrogens with one attached hydrogen (secondary N) is 1. The molecule has 0 bridgehead atoms. The van der Waals surface area contributed by atoms with Crippen LogP contribution in [-0.4, -0.2) is 14.7 Å². The van der Waals surface area contributed by atoms with Crippen LogP contribution in [0.3, 0.4) is 0 Å². The van der Waals surface area contributed by atoms with Gasteiger partial charge >= 0.3 is 0 Å². The summed E-state index contributed by atoms with van der Waals surface area (Å²) in [5, 5.41) is 4.21. The van der Waals surface area contributed by atoms with Crippen molar-refractivity contribution < 1.29 is 0 Å². The van der Waals surface area contributed by atoms with E-state index in [-0.39, 0.29) is 12.1 Å². The molecule has 0 radical (unpaired) electrons. The molecule has 25 heavy (non-hydrogen) atoms. The highest BCUT2D eigenvalue weighted by Crippen LogP contribution is 2.41. The van der Waals surface area contributed by atoms with Crippen molar-refractivity contribution in [3.8, 4) is 0 Å². The van der Waals surface area contributed by atoms with E-state index >= 15 is 0 Å². The summed E-state index contributed by atoms with van der Waals surface area (Å²) in [4.78, 5) is 6.77. The topological polar surface area (TPSA) is 33.1 Å². The molecule has 0 spiro atoms. The summed E-state index contributed by atoms with van der Waals surface area (Å²) in [7, 11) is 2.07. The van der Waals surface area contributed by atoms with Crippen LogP contribution in [0.25, 0.3) is 0 Å². The van der Waals surface area contributed by atoms with E-state index < -0.39 is 0 Å². The van der Waals surface area contributed by atoms with Crippen molar-refractivity contribution in [2.75, 3.05) is 4.90 Å². The fraction of sp³-hybridized carbons (Fsp3) is 0.200. The van der Waals surface area contributed by atoms with Gasteiger partial charge in [-0.15, -0.1) is 0 Å². The summed E-state index contributed by atoms with van der Waals surface area (Å²) in [6, 6.07) is 18.8. The van der Waals surface area contributed by atoms with Gasteiger partial charge in [0.05, 0.1) is 11.7 Å². The van der Waals surface area contributed by atoms with Crippen molar-refractivity contribution in [1.29, 1.82) is 0 Å². The van der Waals surface area contributed by atoms with E-state index in [9.17, 15) is 0 Å². The minimum atomic E-state index is 0.00334. The molecule has 4 nitrogen and oxygen atoms in total. The summed E-state index contributed by atoms with van der Waals surface area (Å²) >= 11 is 5.70. The number of aryl methyl sites for hydroxylation is 2. The van der Waals surface area contributed by atoms with E-state index in [0.717, 1.165) is 16.5 Å². The Morgan fingerprint density at radius 3 is 2.48 bits per heavy atom. The van der Waals surface area contributed by atoms with Crippen molar-refractivity contribution >= 4 is 23.0 Å². The molecule has 2 aromatic heterocycles. The number of thiocarbonyl (C=S) groups is 1. The van der Waals surface area contributed by atoms with Crippen LogP contribution in [-0.2, 0) is 7.05 Å². The Morgan fingerprint density at radius 2 is 1.84 bits per heavy atom. The minimum Gasteiger partial charge on any atom is -0.353 e. The molecule has 1 fully saturated rings. The minimum absolute atomic E-state index is 0.00334. The summed E-state index contributed by atoms with van der Waals surface area (Å²) in [5.74, 6) is 0. The summed E-state index contributed by atoms with van der Waals surface area (Å²) < 4.78 is 2.15. The van der Waals surface area contributed by atoms with Gasteiger partial charge in [0.25, 0.3) is 0 Å². The molecule has 1 aromatic carbocycles. The molecular weight excluding hydrogens is 328 g/mol. The predicted molar refractivity (Wildman–Crippen MR) is 105 cm³/mol. The molecule has 1 aliphatic rings. The Morgan fingerprint density at radius 1 is 1.04 bits per heavy atom. The highest BCUT2D eigenvalue weighted by Gasteiger charge is 2.41. The zero-order valence-electron chi connectivity index (χ0n) is 14.3. The number of benzene rings is 1. The van der Waals surface area contributed by atoms with Gasteiger partial charge in [-0.1, -0.05) is 23.8 Å². The maximum atomic E-state index is 5.70. The van der Waals surface area contributed by atoms with E-state index in [0.29, 0.717) is 0 Å². The number of hydrogen-bond acceptors (Lipinski definition) is 2.